The van der Waals surface area contributed by atoms with Gasteiger partial charge in [-0.2, -0.15) is 9.97 Å². The molecule has 26 heavy (non-hydrogen) atoms. The topological polar surface area (TPSA) is 102 Å². The van der Waals surface area contributed by atoms with Gasteiger partial charge in [0.1, 0.15) is 0 Å². The van der Waals surface area contributed by atoms with E-state index in [-0.39, 0.29) is 24.0 Å². The highest BCUT2D eigenvalue weighted by molar-refractivity contribution is 5.72. The molecule has 1 atom stereocenters. The van der Waals surface area contributed by atoms with Gasteiger partial charge in [0.05, 0.1) is 38.2 Å². The van der Waals surface area contributed by atoms with Gasteiger partial charge in [-0.15, -0.1) is 4.98 Å². The van der Waals surface area contributed by atoms with Crippen molar-refractivity contribution in [1.82, 2.24) is 25.3 Å². The lowest BCUT2D eigenvalue weighted by molar-refractivity contribution is -0.119. The molecule has 138 valence electrons. The lowest BCUT2D eigenvalue weighted by atomic mass is 10.1. The third kappa shape index (κ3) is 3.98. The number of methoxy groups -OCH3 is 2. The number of nitrogens with one attached hydrogen (secondary N) is 1. The van der Waals surface area contributed by atoms with E-state index in [0.29, 0.717) is 12.5 Å². The van der Waals surface area contributed by atoms with Crippen LogP contribution in [0.1, 0.15) is 37.2 Å². The van der Waals surface area contributed by atoms with E-state index in [9.17, 15) is 4.79 Å². The Morgan fingerprint density at radius 2 is 1.92 bits per heavy atom. The second-order valence-corrected chi connectivity index (χ2v) is 5.92. The van der Waals surface area contributed by atoms with Crippen LogP contribution in [-0.2, 0) is 11.3 Å². The molecule has 9 heteroatoms. The third-order valence-corrected chi connectivity index (χ3v) is 4.15. The summed E-state index contributed by atoms with van der Waals surface area (Å²) in [5.74, 6) is 0.425. The zero-order valence-electron chi connectivity index (χ0n) is 15.1. The first-order valence-electron chi connectivity index (χ1n) is 8.41. The molecule has 0 bridgehead atoms. The Morgan fingerprint density at radius 3 is 2.58 bits per heavy atom. The Balaban J connectivity index is 1.87. The average molecular weight is 358 g/mol. The Hall–Kier alpha value is -2.97. The molecule has 1 saturated heterocycles. The fraction of sp³-hybridized carbons (Fsp3) is 0.471. The van der Waals surface area contributed by atoms with Crippen molar-refractivity contribution < 1.29 is 14.3 Å². The number of rotatable bonds is 6. The van der Waals surface area contributed by atoms with Crippen LogP contribution in [0.15, 0.2) is 18.2 Å². The molecule has 3 heterocycles. The second-order valence-electron chi connectivity index (χ2n) is 5.92. The first-order chi connectivity index (χ1) is 12.6. The van der Waals surface area contributed by atoms with E-state index < -0.39 is 0 Å². The fourth-order valence-corrected chi connectivity index (χ4v) is 2.95. The van der Waals surface area contributed by atoms with Crippen LogP contribution in [0.2, 0.25) is 0 Å². The van der Waals surface area contributed by atoms with Crippen molar-refractivity contribution in [2.24, 2.45) is 0 Å². The van der Waals surface area contributed by atoms with Crippen molar-refractivity contribution in [2.75, 3.05) is 25.7 Å². The molecule has 0 unspecified atom stereocenters. The zero-order valence-corrected chi connectivity index (χ0v) is 15.1. The average Bonchev–Trinajstić information content (AvgIpc) is 3.16. The lowest BCUT2D eigenvalue weighted by Crippen LogP contribution is -2.26. The van der Waals surface area contributed by atoms with Gasteiger partial charge in [0, 0.05) is 13.5 Å². The maximum Gasteiger partial charge on any atom is 0.324 e. The predicted octanol–water partition coefficient (Wildman–Crippen LogP) is 1.26. The molecule has 2 aromatic rings. The summed E-state index contributed by atoms with van der Waals surface area (Å²) < 4.78 is 10.3. The lowest BCUT2D eigenvalue weighted by Gasteiger charge is -2.24. The van der Waals surface area contributed by atoms with Gasteiger partial charge in [0.2, 0.25) is 11.9 Å². The SMILES string of the molecule is COc1nc(OC)nc(N2CCC[C@H]2c2cccc(CNC(C)=O)n2)n1. The summed E-state index contributed by atoms with van der Waals surface area (Å²) in [5.41, 5.74) is 1.74. The van der Waals surface area contributed by atoms with Gasteiger partial charge in [-0.1, -0.05) is 6.07 Å². The quantitative estimate of drug-likeness (QED) is 0.823. The molecule has 0 saturated carbocycles. The molecule has 1 fully saturated rings. The summed E-state index contributed by atoms with van der Waals surface area (Å²) in [4.78, 5) is 30.7. The van der Waals surface area contributed by atoms with Crippen LogP contribution in [0.5, 0.6) is 12.0 Å². The van der Waals surface area contributed by atoms with Crippen LogP contribution in [0, 0.1) is 0 Å². The molecule has 0 radical (unpaired) electrons. The minimum Gasteiger partial charge on any atom is -0.467 e. The van der Waals surface area contributed by atoms with E-state index in [0.717, 1.165) is 30.8 Å². The zero-order chi connectivity index (χ0) is 18.5. The second kappa shape index (κ2) is 7.94. The number of carbonyl (C=O) groups excluding carboxylic acids is 1. The monoisotopic (exact) mass is 358 g/mol. The Labute approximate surface area is 151 Å². The predicted molar refractivity (Wildman–Crippen MR) is 94.0 cm³/mol. The highest BCUT2D eigenvalue weighted by atomic mass is 16.5. The molecule has 2 aromatic heterocycles. The normalized spacial score (nSPS) is 16.4. The van der Waals surface area contributed by atoms with E-state index >= 15 is 0 Å². The summed E-state index contributed by atoms with van der Waals surface area (Å²) in [5, 5.41) is 2.77. The first-order valence-corrected chi connectivity index (χ1v) is 8.41. The largest absolute Gasteiger partial charge is 0.467 e. The van der Waals surface area contributed by atoms with Gasteiger partial charge >= 0.3 is 12.0 Å². The number of pyridine rings is 1. The summed E-state index contributed by atoms with van der Waals surface area (Å²) in [6, 6.07) is 6.30. The van der Waals surface area contributed by atoms with Gasteiger partial charge in [-0.25, -0.2) is 0 Å². The van der Waals surface area contributed by atoms with E-state index in [1.165, 1.54) is 21.1 Å². The van der Waals surface area contributed by atoms with Crippen molar-refractivity contribution in [3.8, 4) is 12.0 Å². The van der Waals surface area contributed by atoms with Crippen molar-refractivity contribution in [1.29, 1.82) is 0 Å². The van der Waals surface area contributed by atoms with Gasteiger partial charge in [-0.3, -0.25) is 9.78 Å². The molecule has 0 spiro atoms. The fourth-order valence-electron chi connectivity index (χ4n) is 2.95. The Kier molecular flexibility index (Phi) is 5.45. The standard InChI is InChI=1S/C17H22N6O3/c1-11(24)18-10-12-6-4-7-13(19-12)14-8-5-9-23(14)15-20-16(25-2)22-17(21-15)26-3/h4,6-7,14H,5,8-10H2,1-3H3,(H,18,24)/t14-/m0/s1. The summed E-state index contributed by atoms with van der Waals surface area (Å²) in [6.07, 6.45) is 1.94. The molecule has 9 nitrogen and oxygen atoms in total. The number of anilines is 1. The number of nitrogens with zero attached hydrogens (tertiary/aromatic N) is 5. The van der Waals surface area contributed by atoms with E-state index in [2.05, 4.69) is 25.2 Å². The van der Waals surface area contributed by atoms with Crippen LogP contribution in [0.4, 0.5) is 5.95 Å². The molecule has 1 amide bonds. The summed E-state index contributed by atoms with van der Waals surface area (Å²) >= 11 is 0. The highest BCUT2D eigenvalue weighted by Gasteiger charge is 2.30. The van der Waals surface area contributed by atoms with E-state index in [1.54, 1.807) is 0 Å². The van der Waals surface area contributed by atoms with Crippen LogP contribution in [-0.4, -0.2) is 46.6 Å². The van der Waals surface area contributed by atoms with Crippen LogP contribution >= 0.6 is 0 Å². The van der Waals surface area contributed by atoms with Crippen LogP contribution in [0.25, 0.3) is 0 Å². The van der Waals surface area contributed by atoms with Crippen molar-refractivity contribution in [3.05, 3.63) is 29.6 Å². The van der Waals surface area contributed by atoms with Crippen LogP contribution in [0.3, 0.4) is 0 Å². The van der Waals surface area contributed by atoms with Gasteiger partial charge in [0.25, 0.3) is 0 Å². The Morgan fingerprint density at radius 1 is 1.19 bits per heavy atom. The smallest absolute Gasteiger partial charge is 0.324 e. The van der Waals surface area contributed by atoms with Gasteiger partial charge in [-0.05, 0) is 25.0 Å². The Bertz CT molecular complexity index is 763. The summed E-state index contributed by atoms with van der Waals surface area (Å²) in [7, 11) is 3.01. The third-order valence-electron chi connectivity index (χ3n) is 4.15. The van der Waals surface area contributed by atoms with Crippen molar-refractivity contribution >= 4 is 11.9 Å². The van der Waals surface area contributed by atoms with Crippen molar-refractivity contribution in [3.63, 3.8) is 0 Å². The summed E-state index contributed by atoms with van der Waals surface area (Å²) in [6.45, 7) is 2.70. The van der Waals surface area contributed by atoms with E-state index in [1.807, 2.05) is 18.2 Å². The number of ether oxygens (including phenoxy) is 2. The minimum atomic E-state index is -0.0796. The number of hydrogen-bond acceptors (Lipinski definition) is 8. The van der Waals surface area contributed by atoms with Crippen LogP contribution < -0.4 is 19.7 Å². The van der Waals surface area contributed by atoms with E-state index in [4.69, 9.17) is 14.5 Å². The highest BCUT2D eigenvalue weighted by Crippen LogP contribution is 2.34. The molecule has 1 aliphatic rings. The van der Waals surface area contributed by atoms with Gasteiger partial charge in [0.15, 0.2) is 0 Å². The molecule has 0 aromatic carbocycles. The molecular formula is C17H22N6O3. The number of carbonyl (C=O) groups is 1. The van der Waals surface area contributed by atoms with Crippen molar-refractivity contribution in [2.45, 2.75) is 32.4 Å². The molecular weight excluding hydrogens is 336 g/mol. The molecule has 3 rings (SSSR count). The molecule has 1 N–H and O–H groups in total. The molecule has 0 aliphatic carbocycles. The first kappa shape index (κ1) is 17.8. The number of aromatic nitrogens is 4. The minimum absolute atomic E-state index is 0.0455. The van der Waals surface area contributed by atoms with Gasteiger partial charge < -0.3 is 19.7 Å². The maximum atomic E-state index is 11.1. The maximum absolute atomic E-state index is 11.1. The number of amides is 1. The number of hydrogen-bond donors (Lipinski definition) is 1. The molecule has 1 aliphatic heterocycles.